The predicted molar refractivity (Wildman–Crippen MR) is 121 cm³/mol. The number of nitrogens with zero attached hydrogens (tertiary/aromatic N) is 5. The van der Waals surface area contributed by atoms with Gasteiger partial charge in [0, 0.05) is 50.2 Å². The molecular formula is C24H29N5O2. The molecule has 0 spiro atoms. The van der Waals surface area contributed by atoms with E-state index in [0.29, 0.717) is 18.7 Å². The fourth-order valence-electron chi connectivity index (χ4n) is 3.70. The summed E-state index contributed by atoms with van der Waals surface area (Å²) < 4.78 is 7.70. The molecule has 0 saturated carbocycles. The van der Waals surface area contributed by atoms with Gasteiger partial charge in [-0.15, -0.1) is 0 Å². The number of anilines is 1. The maximum absolute atomic E-state index is 12.9. The first-order chi connectivity index (χ1) is 15.2. The van der Waals surface area contributed by atoms with Crippen molar-refractivity contribution in [2.45, 2.75) is 26.2 Å². The van der Waals surface area contributed by atoms with Crippen LogP contribution in [0, 0.1) is 0 Å². The molecule has 4 rings (SSSR count). The average Bonchev–Trinajstić information content (AvgIpc) is 3.37. The highest BCUT2D eigenvalue weighted by atomic mass is 16.5. The Kier molecular flexibility index (Phi) is 6.82. The number of rotatable bonds is 8. The lowest BCUT2D eigenvalue weighted by molar-refractivity contribution is 0.0746. The van der Waals surface area contributed by atoms with Crippen molar-refractivity contribution in [3.05, 3.63) is 66.7 Å². The van der Waals surface area contributed by atoms with Crippen LogP contribution in [0.4, 0.5) is 5.82 Å². The summed E-state index contributed by atoms with van der Waals surface area (Å²) in [4.78, 5) is 25.8. The smallest absolute Gasteiger partial charge is 0.253 e. The number of hydrogen-bond acceptors (Lipinski definition) is 5. The summed E-state index contributed by atoms with van der Waals surface area (Å²) in [5.41, 5.74) is 0.700. The molecule has 0 bridgehead atoms. The van der Waals surface area contributed by atoms with E-state index in [1.807, 2.05) is 64.3 Å². The van der Waals surface area contributed by atoms with Gasteiger partial charge in [0.1, 0.15) is 23.7 Å². The van der Waals surface area contributed by atoms with Crippen LogP contribution in [0.15, 0.2) is 61.2 Å². The van der Waals surface area contributed by atoms with E-state index in [4.69, 9.17) is 4.74 Å². The Balaban J connectivity index is 1.31. The monoisotopic (exact) mass is 419 g/mol. The number of carbonyl (C=O) groups is 1. The van der Waals surface area contributed by atoms with E-state index in [0.717, 1.165) is 43.5 Å². The van der Waals surface area contributed by atoms with Crippen LogP contribution in [-0.4, -0.2) is 58.1 Å². The minimum atomic E-state index is 0.0629. The Morgan fingerprint density at radius 1 is 0.968 bits per heavy atom. The van der Waals surface area contributed by atoms with Crippen molar-refractivity contribution in [1.82, 2.24) is 19.4 Å². The molecule has 0 radical (unpaired) electrons. The van der Waals surface area contributed by atoms with E-state index in [1.54, 1.807) is 6.33 Å². The third-order valence-corrected chi connectivity index (χ3v) is 5.52. The van der Waals surface area contributed by atoms with Gasteiger partial charge in [0.15, 0.2) is 0 Å². The van der Waals surface area contributed by atoms with Gasteiger partial charge in [-0.1, -0.05) is 19.8 Å². The minimum absolute atomic E-state index is 0.0629. The van der Waals surface area contributed by atoms with Gasteiger partial charge in [-0.05, 0) is 42.8 Å². The van der Waals surface area contributed by atoms with Crippen LogP contribution < -0.4 is 9.64 Å². The van der Waals surface area contributed by atoms with Crippen molar-refractivity contribution in [2.24, 2.45) is 0 Å². The summed E-state index contributed by atoms with van der Waals surface area (Å²) in [6, 6.07) is 13.4. The molecule has 0 aliphatic carbocycles. The third-order valence-electron chi connectivity index (χ3n) is 5.52. The van der Waals surface area contributed by atoms with Crippen LogP contribution >= 0.6 is 0 Å². The second-order valence-electron chi connectivity index (χ2n) is 7.68. The van der Waals surface area contributed by atoms with Crippen LogP contribution in [0.5, 0.6) is 5.75 Å². The van der Waals surface area contributed by atoms with Gasteiger partial charge in [0.05, 0.1) is 6.61 Å². The highest BCUT2D eigenvalue weighted by molar-refractivity contribution is 5.94. The van der Waals surface area contributed by atoms with Crippen LogP contribution in [-0.2, 0) is 0 Å². The SMILES string of the molecule is CCCCCOc1ccc(C(=O)N2CCN(c3cc(-n4cccc4)ncn3)CC2)cc1. The highest BCUT2D eigenvalue weighted by Gasteiger charge is 2.23. The fourth-order valence-corrected chi connectivity index (χ4v) is 3.70. The van der Waals surface area contributed by atoms with E-state index in [9.17, 15) is 4.79 Å². The molecule has 162 valence electrons. The molecule has 3 heterocycles. The maximum Gasteiger partial charge on any atom is 0.253 e. The zero-order chi connectivity index (χ0) is 21.5. The maximum atomic E-state index is 12.9. The van der Waals surface area contributed by atoms with Crippen LogP contribution in [0.25, 0.3) is 5.82 Å². The lowest BCUT2D eigenvalue weighted by Gasteiger charge is -2.35. The summed E-state index contributed by atoms with van der Waals surface area (Å²) in [6.07, 6.45) is 8.92. The summed E-state index contributed by atoms with van der Waals surface area (Å²) in [7, 11) is 0. The molecule has 1 aromatic carbocycles. The lowest BCUT2D eigenvalue weighted by atomic mass is 10.1. The molecule has 0 N–H and O–H groups in total. The molecule has 7 nitrogen and oxygen atoms in total. The number of carbonyl (C=O) groups excluding carboxylic acids is 1. The summed E-state index contributed by atoms with van der Waals surface area (Å²) in [5, 5.41) is 0. The number of hydrogen-bond donors (Lipinski definition) is 0. The molecule has 0 unspecified atom stereocenters. The molecule has 3 aromatic rings. The number of benzene rings is 1. The summed E-state index contributed by atoms with van der Waals surface area (Å²) >= 11 is 0. The Labute approximate surface area is 183 Å². The highest BCUT2D eigenvalue weighted by Crippen LogP contribution is 2.19. The van der Waals surface area contributed by atoms with E-state index < -0.39 is 0 Å². The first-order valence-corrected chi connectivity index (χ1v) is 11.0. The van der Waals surface area contributed by atoms with Crippen molar-refractivity contribution in [1.29, 1.82) is 0 Å². The molecule has 1 fully saturated rings. The molecule has 7 heteroatoms. The lowest BCUT2D eigenvalue weighted by Crippen LogP contribution is -2.49. The van der Waals surface area contributed by atoms with E-state index >= 15 is 0 Å². The summed E-state index contributed by atoms with van der Waals surface area (Å²) in [5.74, 6) is 2.61. The quantitative estimate of drug-likeness (QED) is 0.520. The van der Waals surface area contributed by atoms with Gasteiger partial charge in [0.25, 0.3) is 5.91 Å². The Bertz CT molecular complexity index is 964. The van der Waals surface area contributed by atoms with Crippen LogP contribution in [0.3, 0.4) is 0 Å². The van der Waals surface area contributed by atoms with Crippen LogP contribution in [0.1, 0.15) is 36.5 Å². The molecule has 2 aromatic heterocycles. The van der Waals surface area contributed by atoms with Gasteiger partial charge in [-0.25, -0.2) is 9.97 Å². The van der Waals surface area contributed by atoms with Gasteiger partial charge in [-0.3, -0.25) is 4.79 Å². The zero-order valence-corrected chi connectivity index (χ0v) is 18.0. The molecule has 0 atom stereocenters. The molecule has 1 aliphatic heterocycles. The number of amides is 1. The number of piperazine rings is 1. The second-order valence-corrected chi connectivity index (χ2v) is 7.68. The predicted octanol–water partition coefficient (Wildman–Crippen LogP) is 3.80. The standard InChI is InChI=1S/C24H29N5O2/c1-2-3-6-17-31-21-9-7-20(8-10-21)24(30)29-15-13-28(14-16-29)23-18-22(25-19-26-23)27-11-4-5-12-27/h4-5,7-12,18-19H,2-3,6,13-17H2,1H3. The molecular weight excluding hydrogens is 390 g/mol. The second kappa shape index (κ2) is 10.1. The average molecular weight is 420 g/mol. The zero-order valence-electron chi connectivity index (χ0n) is 18.0. The number of ether oxygens (including phenoxy) is 1. The van der Waals surface area contributed by atoms with Crippen molar-refractivity contribution in [2.75, 3.05) is 37.7 Å². The number of aromatic nitrogens is 3. The first kappa shape index (κ1) is 20.9. The number of unbranched alkanes of at least 4 members (excludes halogenated alkanes) is 2. The Morgan fingerprint density at radius 3 is 2.39 bits per heavy atom. The van der Waals surface area contributed by atoms with Gasteiger partial charge in [-0.2, -0.15) is 0 Å². The fraction of sp³-hybridized carbons (Fsp3) is 0.375. The third kappa shape index (κ3) is 5.23. The van der Waals surface area contributed by atoms with Gasteiger partial charge < -0.3 is 19.1 Å². The van der Waals surface area contributed by atoms with E-state index in [-0.39, 0.29) is 5.91 Å². The molecule has 31 heavy (non-hydrogen) atoms. The van der Waals surface area contributed by atoms with Crippen molar-refractivity contribution < 1.29 is 9.53 Å². The van der Waals surface area contributed by atoms with Gasteiger partial charge in [0.2, 0.25) is 0 Å². The summed E-state index contributed by atoms with van der Waals surface area (Å²) in [6.45, 7) is 5.71. The van der Waals surface area contributed by atoms with E-state index in [2.05, 4.69) is 21.8 Å². The normalized spacial score (nSPS) is 14.0. The van der Waals surface area contributed by atoms with Crippen molar-refractivity contribution in [3.63, 3.8) is 0 Å². The van der Waals surface area contributed by atoms with Crippen molar-refractivity contribution in [3.8, 4) is 11.6 Å². The van der Waals surface area contributed by atoms with Crippen molar-refractivity contribution >= 4 is 11.7 Å². The van der Waals surface area contributed by atoms with Gasteiger partial charge >= 0.3 is 0 Å². The topological polar surface area (TPSA) is 63.5 Å². The Hall–Kier alpha value is -3.35. The Morgan fingerprint density at radius 2 is 1.68 bits per heavy atom. The van der Waals surface area contributed by atoms with E-state index in [1.165, 1.54) is 12.8 Å². The molecule has 1 saturated heterocycles. The molecule has 1 aliphatic rings. The van der Waals surface area contributed by atoms with Crippen LogP contribution in [0.2, 0.25) is 0 Å². The minimum Gasteiger partial charge on any atom is -0.494 e. The first-order valence-electron chi connectivity index (χ1n) is 11.0. The largest absolute Gasteiger partial charge is 0.494 e. The molecule has 1 amide bonds.